The third kappa shape index (κ3) is 1.93. The second-order valence-corrected chi connectivity index (χ2v) is 5.16. The number of thiophene rings is 1. The topological polar surface area (TPSA) is 20.3 Å². The first-order valence-corrected chi connectivity index (χ1v) is 6.46. The van der Waals surface area contributed by atoms with Crippen molar-refractivity contribution in [3.8, 4) is 0 Å². The van der Waals surface area contributed by atoms with Crippen LogP contribution >= 0.6 is 11.3 Å². The molecule has 1 aliphatic rings. The Morgan fingerprint density at radius 3 is 3.00 bits per heavy atom. The Morgan fingerprint density at radius 1 is 1.60 bits per heavy atom. The summed E-state index contributed by atoms with van der Waals surface area (Å²) < 4.78 is 0. The van der Waals surface area contributed by atoms with E-state index in [1.54, 1.807) is 11.3 Å². The average molecular weight is 223 g/mol. The zero-order valence-corrected chi connectivity index (χ0v) is 10.1. The van der Waals surface area contributed by atoms with E-state index in [4.69, 9.17) is 0 Å². The Labute approximate surface area is 94.9 Å². The van der Waals surface area contributed by atoms with E-state index in [9.17, 15) is 4.79 Å². The Morgan fingerprint density at radius 2 is 2.40 bits per heavy atom. The number of aldehydes is 1. The molecule has 0 spiro atoms. The SMILES string of the molecule is CCC1CCC(C)N1c1csc(C=O)c1. The van der Waals surface area contributed by atoms with Gasteiger partial charge in [-0.05, 0) is 32.3 Å². The van der Waals surface area contributed by atoms with Crippen molar-refractivity contribution < 1.29 is 4.79 Å². The highest BCUT2D eigenvalue weighted by atomic mass is 32.1. The van der Waals surface area contributed by atoms with Crippen LogP contribution in [0.4, 0.5) is 5.69 Å². The summed E-state index contributed by atoms with van der Waals surface area (Å²) in [7, 11) is 0. The van der Waals surface area contributed by atoms with Gasteiger partial charge in [-0.3, -0.25) is 4.79 Å². The normalized spacial score (nSPS) is 25.9. The monoisotopic (exact) mass is 223 g/mol. The van der Waals surface area contributed by atoms with E-state index in [1.807, 2.05) is 6.07 Å². The van der Waals surface area contributed by atoms with Crippen LogP contribution in [0.2, 0.25) is 0 Å². The van der Waals surface area contributed by atoms with E-state index < -0.39 is 0 Å². The molecule has 0 radical (unpaired) electrons. The van der Waals surface area contributed by atoms with E-state index in [0.717, 1.165) is 11.2 Å². The van der Waals surface area contributed by atoms with Gasteiger partial charge in [-0.2, -0.15) is 0 Å². The van der Waals surface area contributed by atoms with Gasteiger partial charge in [0.1, 0.15) is 0 Å². The molecule has 0 bridgehead atoms. The molecular weight excluding hydrogens is 206 g/mol. The quantitative estimate of drug-likeness (QED) is 0.733. The Bertz CT molecular complexity index is 347. The van der Waals surface area contributed by atoms with Crippen LogP contribution in [0.1, 0.15) is 42.8 Å². The zero-order chi connectivity index (χ0) is 10.8. The molecule has 3 heteroatoms. The van der Waals surface area contributed by atoms with E-state index in [1.165, 1.54) is 24.9 Å². The molecule has 1 fully saturated rings. The summed E-state index contributed by atoms with van der Waals surface area (Å²) in [4.78, 5) is 14.0. The summed E-state index contributed by atoms with van der Waals surface area (Å²) in [6.45, 7) is 4.51. The van der Waals surface area contributed by atoms with Crippen molar-refractivity contribution in [2.45, 2.75) is 45.2 Å². The van der Waals surface area contributed by atoms with Crippen molar-refractivity contribution in [2.75, 3.05) is 4.90 Å². The van der Waals surface area contributed by atoms with Crippen molar-refractivity contribution in [2.24, 2.45) is 0 Å². The highest BCUT2D eigenvalue weighted by Gasteiger charge is 2.29. The molecular formula is C12H17NOS. The molecule has 0 aromatic carbocycles. The predicted molar refractivity (Wildman–Crippen MR) is 65.0 cm³/mol. The van der Waals surface area contributed by atoms with Gasteiger partial charge >= 0.3 is 0 Å². The molecule has 2 unspecified atom stereocenters. The summed E-state index contributed by atoms with van der Waals surface area (Å²) in [6.07, 6.45) is 4.68. The summed E-state index contributed by atoms with van der Waals surface area (Å²) in [5, 5.41) is 2.11. The second-order valence-electron chi connectivity index (χ2n) is 4.22. The van der Waals surface area contributed by atoms with Crippen LogP contribution in [0.5, 0.6) is 0 Å². The molecule has 2 heterocycles. The highest BCUT2D eigenvalue weighted by Crippen LogP contribution is 2.34. The van der Waals surface area contributed by atoms with E-state index in [0.29, 0.717) is 12.1 Å². The minimum atomic E-state index is 0.615. The summed E-state index contributed by atoms with van der Waals surface area (Å²) in [5.41, 5.74) is 1.24. The number of nitrogens with zero attached hydrogens (tertiary/aromatic N) is 1. The Balaban J connectivity index is 2.23. The fourth-order valence-electron chi connectivity index (χ4n) is 2.48. The van der Waals surface area contributed by atoms with Crippen LogP contribution in [0.15, 0.2) is 11.4 Å². The van der Waals surface area contributed by atoms with Gasteiger partial charge in [-0.25, -0.2) is 0 Å². The molecule has 1 saturated heterocycles. The Hall–Kier alpha value is -0.830. The fraction of sp³-hybridized carbons (Fsp3) is 0.583. The van der Waals surface area contributed by atoms with Gasteiger partial charge in [-0.1, -0.05) is 6.92 Å². The summed E-state index contributed by atoms with van der Waals surface area (Å²) in [5.74, 6) is 0. The van der Waals surface area contributed by atoms with Crippen LogP contribution in [0.25, 0.3) is 0 Å². The molecule has 2 rings (SSSR count). The maximum absolute atomic E-state index is 10.7. The smallest absolute Gasteiger partial charge is 0.160 e. The Kier molecular flexibility index (Phi) is 3.10. The molecule has 1 aromatic rings. The largest absolute Gasteiger partial charge is 0.365 e. The molecule has 1 aromatic heterocycles. The third-order valence-corrected chi connectivity index (χ3v) is 4.12. The van der Waals surface area contributed by atoms with Crippen LogP contribution in [-0.2, 0) is 0 Å². The first-order valence-electron chi connectivity index (χ1n) is 5.58. The standard InChI is InChI=1S/C12H17NOS/c1-3-10-5-4-9(2)13(10)11-6-12(7-14)15-8-11/h6-10H,3-5H2,1-2H3. The van der Waals surface area contributed by atoms with Gasteiger partial charge in [-0.15, -0.1) is 11.3 Å². The lowest BCUT2D eigenvalue weighted by atomic mass is 10.1. The van der Waals surface area contributed by atoms with Gasteiger partial charge in [0, 0.05) is 23.2 Å². The van der Waals surface area contributed by atoms with Crippen LogP contribution < -0.4 is 4.90 Å². The van der Waals surface area contributed by atoms with Crippen molar-refractivity contribution in [3.05, 3.63) is 16.3 Å². The number of carbonyl (C=O) groups excluding carboxylic acids is 1. The average Bonchev–Trinajstić information content (AvgIpc) is 2.83. The van der Waals surface area contributed by atoms with Crippen molar-refractivity contribution in [1.29, 1.82) is 0 Å². The number of anilines is 1. The van der Waals surface area contributed by atoms with Crippen molar-refractivity contribution in [3.63, 3.8) is 0 Å². The number of hydrogen-bond acceptors (Lipinski definition) is 3. The van der Waals surface area contributed by atoms with E-state index >= 15 is 0 Å². The van der Waals surface area contributed by atoms with E-state index in [2.05, 4.69) is 24.1 Å². The lowest BCUT2D eigenvalue weighted by Crippen LogP contribution is -2.33. The number of carbonyl (C=O) groups is 1. The van der Waals surface area contributed by atoms with Gasteiger partial charge in [0.05, 0.1) is 4.88 Å². The maximum Gasteiger partial charge on any atom is 0.160 e. The predicted octanol–water partition coefficient (Wildman–Crippen LogP) is 3.33. The first kappa shape index (κ1) is 10.7. The lowest BCUT2D eigenvalue weighted by molar-refractivity contribution is 0.112. The molecule has 1 aliphatic heterocycles. The molecule has 2 nitrogen and oxygen atoms in total. The minimum Gasteiger partial charge on any atom is -0.365 e. The third-order valence-electron chi connectivity index (χ3n) is 3.28. The van der Waals surface area contributed by atoms with Crippen molar-refractivity contribution in [1.82, 2.24) is 0 Å². The molecule has 82 valence electrons. The van der Waals surface area contributed by atoms with Crippen LogP contribution in [-0.4, -0.2) is 18.4 Å². The molecule has 0 N–H and O–H groups in total. The van der Waals surface area contributed by atoms with Crippen molar-refractivity contribution >= 4 is 23.3 Å². The molecule has 0 amide bonds. The molecule has 0 saturated carbocycles. The second kappa shape index (κ2) is 4.35. The zero-order valence-electron chi connectivity index (χ0n) is 9.27. The van der Waals surface area contributed by atoms with Crippen LogP contribution in [0, 0.1) is 0 Å². The lowest BCUT2D eigenvalue weighted by Gasteiger charge is -2.29. The fourth-order valence-corrected chi connectivity index (χ4v) is 3.17. The summed E-state index contributed by atoms with van der Waals surface area (Å²) >= 11 is 1.54. The van der Waals surface area contributed by atoms with E-state index in [-0.39, 0.29) is 0 Å². The minimum absolute atomic E-state index is 0.615. The molecule has 0 aliphatic carbocycles. The molecule has 15 heavy (non-hydrogen) atoms. The maximum atomic E-state index is 10.7. The summed E-state index contributed by atoms with van der Waals surface area (Å²) in [6, 6.07) is 3.29. The number of rotatable bonds is 3. The van der Waals surface area contributed by atoms with Gasteiger partial charge in [0.15, 0.2) is 6.29 Å². The first-order chi connectivity index (χ1) is 7.26. The highest BCUT2D eigenvalue weighted by molar-refractivity contribution is 7.12. The number of hydrogen-bond donors (Lipinski definition) is 0. The van der Waals surface area contributed by atoms with Gasteiger partial charge in [0.2, 0.25) is 0 Å². The van der Waals surface area contributed by atoms with Crippen LogP contribution in [0.3, 0.4) is 0 Å². The van der Waals surface area contributed by atoms with Gasteiger partial charge in [0.25, 0.3) is 0 Å². The molecule has 2 atom stereocenters. The van der Waals surface area contributed by atoms with Gasteiger partial charge < -0.3 is 4.90 Å².